The molecular weight excluding hydrogens is 118 g/mol. The molecule has 0 amide bonds. The Morgan fingerprint density at radius 3 is 3.33 bits per heavy atom. The molecule has 0 bridgehead atoms. The van der Waals surface area contributed by atoms with Crippen LogP contribution in [0.4, 0.5) is 0 Å². The van der Waals surface area contributed by atoms with E-state index in [0.717, 1.165) is 19.6 Å². The van der Waals surface area contributed by atoms with Gasteiger partial charge in [0.2, 0.25) is 0 Å². The summed E-state index contributed by atoms with van der Waals surface area (Å²) in [5, 5.41) is 3.31. The number of ether oxygens (including phenoxy) is 2. The van der Waals surface area contributed by atoms with Gasteiger partial charge in [-0.25, -0.2) is 0 Å². The fraction of sp³-hybridized carbons (Fsp3) is 1.00. The summed E-state index contributed by atoms with van der Waals surface area (Å²) in [6.07, 6.45) is 1.58. The third-order valence-corrected chi connectivity index (χ3v) is 1.95. The predicted molar refractivity (Wildman–Crippen MR) is 32.1 cm³/mol. The molecule has 2 unspecified atom stereocenters. The first-order valence-electron chi connectivity index (χ1n) is 3.39. The second-order valence-electron chi connectivity index (χ2n) is 2.54. The molecule has 1 N–H and O–H groups in total. The molecule has 2 atom stereocenters. The highest BCUT2D eigenvalue weighted by atomic mass is 16.7. The van der Waals surface area contributed by atoms with Crippen molar-refractivity contribution in [3.8, 4) is 0 Å². The smallest absolute Gasteiger partial charge is 0.147 e. The van der Waals surface area contributed by atoms with Crippen LogP contribution in [0.15, 0.2) is 0 Å². The minimum Gasteiger partial charge on any atom is -0.354 e. The summed E-state index contributed by atoms with van der Waals surface area (Å²) < 4.78 is 10.4. The Bertz CT molecular complexity index is 95.2. The highest BCUT2D eigenvalue weighted by Gasteiger charge is 2.30. The number of hydrogen-bond donors (Lipinski definition) is 1. The van der Waals surface area contributed by atoms with Gasteiger partial charge in [0, 0.05) is 0 Å². The first-order valence-corrected chi connectivity index (χ1v) is 3.39. The average Bonchev–Trinajstić information content (AvgIpc) is 2.33. The van der Waals surface area contributed by atoms with Crippen molar-refractivity contribution in [1.29, 1.82) is 0 Å². The highest BCUT2D eigenvalue weighted by Crippen LogP contribution is 2.15. The van der Waals surface area contributed by atoms with Gasteiger partial charge in [0.05, 0.1) is 18.8 Å². The van der Waals surface area contributed by atoms with Crippen LogP contribution in [0.3, 0.4) is 0 Å². The minimum atomic E-state index is 0.429. The Balaban J connectivity index is 1.97. The van der Waals surface area contributed by atoms with Crippen LogP contribution >= 0.6 is 0 Å². The van der Waals surface area contributed by atoms with Gasteiger partial charge in [0.25, 0.3) is 0 Å². The molecule has 0 aromatic heterocycles. The normalized spacial score (nSPS) is 42.7. The SMILES string of the molecule is C1CC2OCOCC2N1. The van der Waals surface area contributed by atoms with Crippen molar-refractivity contribution in [3.63, 3.8) is 0 Å². The fourth-order valence-electron chi connectivity index (χ4n) is 1.42. The molecule has 2 aliphatic rings. The maximum Gasteiger partial charge on any atom is 0.147 e. The Kier molecular flexibility index (Phi) is 1.41. The topological polar surface area (TPSA) is 30.5 Å². The molecule has 0 spiro atoms. The summed E-state index contributed by atoms with van der Waals surface area (Å²) in [7, 11) is 0. The van der Waals surface area contributed by atoms with E-state index >= 15 is 0 Å². The molecular formula is C6H11NO2. The van der Waals surface area contributed by atoms with Gasteiger partial charge in [0.15, 0.2) is 0 Å². The zero-order chi connectivity index (χ0) is 6.10. The zero-order valence-electron chi connectivity index (χ0n) is 5.30. The van der Waals surface area contributed by atoms with Crippen molar-refractivity contribution in [3.05, 3.63) is 0 Å². The minimum absolute atomic E-state index is 0.429. The zero-order valence-corrected chi connectivity index (χ0v) is 5.30. The Morgan fingerprint density at radius 1 is 1.44 bits per heavy atom. The van der Waals surface area contributed by atoms with Crippen LogP contribution in [0, 0.1) is 0 Å². The second kappa shape index (κ2) is 2.25. The summed E-state index contributed by atoms with van der Waals surface area (Å²) in [4.78, 5) is 0. The molecule has 0 aliphatic carbocycles. The molecule has 2 rings (SSSR count). The van der Waals surface area contributed by atoms with Crippen LogP contribution in [0.1, 0.15) is 6.42 Å². The third kappa shape index (κ3) is 0.956. The van der Waals surface area contributed by atoms with Gasteiger partial charge >= 0.3 is 0 Å². The first kappa shape index (κ1) is 5.65. The fourth-order valence-corrected chi connectivity index (χ4v) is 1.42. The van der Waals surface area contributed by atoms with Crippen molar-refractivity contribution in [2.24, 2.45) is 0 Å². The second-order valence-corrected chi connectivity index (χ2v) is 2.54. The summed E-state index contributed by atoms with van der Waals surface area (Å²) in [6, 6.07) is 0.471. The van der Waals surface area contributed by atoms with Gasteiger partial charge in [-0.2, -0.15) is 0 Å². The summed E-state index contributed by atoms with van der Waals surface area (Å²) in [6.45, 7) is 2.40. The van der Waals surface area contributed by atoms with Gasteiger partial charge in [0.1, 0.15) is 6.79 Å². The van der Waals surface area contributed by atoms with E-state index in [9.17, 15) is 0 Å². The van der Waals surface area contributed by atoms with Crippen LogP contribution < -0.4 is 5.32 Å². The van der Waals surface area contributed by atoms with Gasteiger partial charge < -0.3 is 14.8 Å². The van der Waals surface area contributed by atoms with Gasteiger partial charge in [-0.3, -0.25) is 0 Å². The molecule has 2 saturated heterocycles. The molecule has 2 aliphatic heterocycles. The van der Waals surface area contributed by atoms with Gasteiger partial charge in [-0.1, -0.05) is 0 Å². The van der Waals surface area contributed by atoms with E-state index in [1.807, 2.05) is 0 Å². The average molecular weight is 129 g/mol. The van der Waals surface area contributed by atoms with Crippen molar-refractivity contribution in [2.45, 2.75) is 18.6 Å². The monoisotopic (exact) mass is 129 g/mol. The maximum atomic E-state index is 5.32. The van der Waals surface area contributed by atoms with Crippen molar-refractivity contribution >= 4 is 0 Å². The summed E-state index contributed by atoms with van der Waals surface area (Å²) in [5.41, 5.74) is 0. The predicted octanol–water partition coefficient (Wildman–Crippen LogP) is -0.279. The van der Waals surface area contributed by atoms with E-state index in [1.54, 1.807) is 0 Å². The lowest BCUT2D eigenvalue weighted by Crippen LogP contribution is -2.41. The molecule has 0 aromatic carbocycles. The third-order valence-electron chi connectivity index (χ3n) is 1.95. The van der Waals surface area contributed by atoms with Gasteiger partial charge in [-0.15, -0.1) is 0 Å². The standard InChI is InChI=1S/C6H11NO2/c1-2-7-5-3-8-4-9-6(1)5/h5-7H,1-4H2. The molecule has 2 heterocycles. The molecule has 0 radical (unpaired) electrons. The molecule has 0 aromatic rings. The molecule has 9 heavy (non-hydrogen) atoms. The number of rotatable bonds is 0. The van der Waals surface area contributed by atoms with E-state index in [0.29, 0.717) is 18.9 Å². The van der Waals surface area contributed by atoms with E-state index in [2.05, 4.69) is 5.32 Å². The summed E-state index contributed by atoms with van der Waals surface area (Å²) in [5.74, 6) is 0. The van der Waals surface area contributed by atoms with E-state index in [-0.39, 0.29) is 0 Å². The van der Waals surface area contributed by atoms with Crippen LogP contribution in [-0.4, -0.2) is 32.1 Å². The lowest BCUT2D eigenvalue weighted by Gasteiger charge is -2.25. The lowest BCUT2D eigenvalue weighted by atomic mass is 10.2. The molecule has 0 saturated carbocycles. The first-order chi connectivity index (χ1) is 4.47. The van der Waals surface area contributed by atoms with E-state index in [4.69, 9.17) is 9.47 Å². The maximum absolute atomic E-state index is 5.32. The lowest BCUT2D eigenvalue weighted by molar-refractivity contribution is -0.143. The molecule has 52 valence electrons. The quantitative estimate of drug-likeness (QED) is 0.488. The summed E-state index contributed by atoms with van der Waals surface area (Å²) >= 11 is 0. The Morgan fingerprint density at radius 2 is 2.44 bits per heavy atom. The molecule has 3 nitrogen and oxygen atoms in total. The van der Waals surface area contributed by atoms with E-state index < -0.39 is 0 Å². The number of fused-ring (bicyclic) bond motifs is 1. The van der Waals surface area contributed by atoms with Crippen LogP contribution in [0.5, 0.6) is 0 Å². The molecule has 2 fully saturated rings. The van der Waals surface area contributed by atoms with Crippen molar-refractivity contribution in [1.82, 2.24) is 5.32 Å². The largest absolute Gasteiger partial charge is 0.354 e. The van der Waals surface area contributed by atoms with Crippen LogP contribution in [-0.2, 0) is 9.47 Å². The Hall–Kier alpha value is -0.120. The van der Waals surface area contributed by atoms with Crippen molar-refractivity contribution < 1.29 is 9.47 Å². The van der Waals surface area contributed by atoms with Crippen LogP contribution in [0.2, 0.25) is 0 Å². The highest BCUT2D eigenvalue weighted by molar-refractivity contribution is 4.85. The number of nitrogens with one attached hydrogen (secondary N) is 1. The van der Waals surface area contributed by atoms with E-state index in [1.165, 1.54) is 0 Å². The molecule has 3 heteroatoms. The number of hydrogen-bond acceptors (Lipinski definition) is 3. The van der Waals surface area contributed by atoms with Crippen LogP contribution in [0.25, 0.3) is 0 Å². The Labute approximate surface area is 54.3 Å². The van der Waals surface area contributed by atoms with Crippen molar-refractivity contribution in [2.75, 3.05) is 19.9 Å². The van der Waals surface area contributed by atoms with Gasteiger partial charge in [-0.05, 0) is 13.0 Å².